The van der Waals surface area contributed by atoms with E-state index < -0.39 is 0 Å². The third-order valence-corrected chi connectivity index (χ3v) is 5.96. The van der Waals surface area contributed by atoms with Gasteiger partial charge in [-0.05, 0) is 44.2 Å². The summed E-state index contributed by atoms with van der Waals surface area (Å²) in [6, 6.07) is 10.6. The number of nitrogens with zero attached hydrogens (tertiary/aromatic N) is 2. The molecule has 1 aliphatic heterocycles. The maximum absolute atomic E-state index is 12.9. The van der Waals surface area contributed by atoms with Crippen LogP contribution in [0.2, 0.25) is 0 Å². The molecule has 0 atom stereocenters. The van der Waals surface area contributed by atoms with Crippen molar-refractivity contribution in [3.8, 4) is 0 Å². The van der Waals surface area contributed by atoms with Gasteiger partial charge in [-0.1, -0.05) is 44.2 Å². The first-order valence-electron chi connectivity index (χ1n) is 9.76. The van der Waals surface area contributed by atoms with Gasteiger partial charge in [-0.2, -0.15) is 0 Å². The highest BCUT2D eigenvalue weighted by Gasteiger charge is 2.38. The lowest BCUT2D eigenvalue weighted by Gasteiger charge is -2.39. The van der Waals surface area contributed by atoms with Crippen LogP contribution in [0.25, 0.3) is 0 Å². The van der Waals surface area contributed by atoms with Gasteiger partial charge in [0.05, 0.1) is 5.41 Å². The molecule has 2 rings (SSSR count). The van der Waals surface area contributed by atoms with Crippen molar-refractivity contribution >= 4 is 5.91 Å². The maximum Gasteiger partial charge on any atom is 0.230 e. The van der Waals surface area contributed by atoms with Gasteiger partial charge in [0.1, 0.15) is 0 Å². The third-order valence-electron chi connectivity index (χ3n) is 5.96. The lowest BCUT2D eigenvalue weighted by Crippen LogP contribution is -2.50. The lowest BCUT2D eigenvalue weighted by atomic mass is 9.80. The molecule has 1 saturated heterocycles. The van der Waals surface area contributed by atoms with E-state index in [1.165, 1.54) is 5.56 Å². The monoisotopic (exact) mass is 345 g/mol. The molecule has 0 spiro atoms. The predicted molar refractivity (Wildman–Crippen MR) is 104 cm³/mol. The third kappa shape index (κ3) is 5.05. The van der Waals surface area contributed by atoms with Crippen molar-refractivity contribution in [2.75, 3.05) is 33.2 Å². The van der Waals surface area contributed by atoms with Crippen LogP contribution in [-0.2, 0) is 11.3 Å². The largest absolute Gasteiger partial charge is 0.342 e. The van der Waals surface area contributed by atoms with E-state index in [1.54, 1.807) is 0 Å². The van der Waals surface area contributed by atoms with Crippen molar-refractivity contribution in [1.29, 1.82) is 0 Å². The molecular formula is C21H35N3O. The molecule has 4 heteroatoms. The van der Waals surface area contributed by atoms with Crippen LogP contribution in [0.15, 0.2) is 30.3 Å². The van der Waals surface area contributed by atoms with Crippen molar-refractivity contribution in [1.82, 2.24) is 9.80 Å². The molecule has 1 fully saturated rings. The number of hydrogen-bond donors (Lipinski definition) is 1. The first kappa shape index (κ1) is 19.9. The normalized spacial score (nSPS) is 16.4. The Morgan fingerprint density at radius 1 is 1.20 bits per heavy atom. The second kappa shape index (κ2) is 9.35. The molecule has 1 heterocycles. The van der Waals surface area contributed by atoms with E-state index in [-0.39, 0.29) is 11.3 Å². The molecular weight excluding hydrogens is 310 g/mol. The summed E-state index contributed by atoms with van der Waals surface area (Å²) in [6.45, 7) is 8.47. The van der Waals surface area contributed by atoms with Gasteiger partial charge >= 0.3 is 0 Å². The van der Waals surface area contributed by atoms with Crippen LogP contribution >= 0.6 is 0 Å². The summed E-state index contributed by atoms with van der Waals surface area (Å²) in [5.74, 6) is 0.949. The Balaban J connectivity index is 1.82. The van der Waals surface area contributed by atoms with Crippen molar-refractivity contribution < 1.29 is 4.79 Å². The van der Waals surface area contributed by atoms with Gasteiger partial charge in [-0.3, -0.25) is 4.79 Å². The van der Waals surface area contributed by atoms with Crippen molar-refractivity contribution in [2.24, 2.45) is 17.1 Å². The zero-order valence-electron chi connectivity index (χ0n) is 16.2. The standard InChI is InChI=1S/C21H35N3O/c1-4-21(5-2,17-22)20(25)24-13-11-19(12-14-24)16-23(3)15-18-9-7-6-8-10-18/h6-10,19H,4-5,11-17,22H2,1-3H3. The number of amides is 1. The first-order chi connectivity index (χ1) is 12.0. The van der Waals surface area contributed by atoms with E-state index in [2.05, 4.69) is 61.0 Å². The van der Waals surface area contributed by atoms with Crippen LogP contribution < -0.4 is 5.73 Å². The predicted octanol–water partition coefficient (Wildman–Crippen LogP) is 3.12. The molecule has 1 aromatic rings. The van der Waals surface area contributed by atoms with Crippen LogP contribution in [0, 0.1) is 11.3 Å². The Bertz CT molecular complexity index is 511. The minimum atomic E-state index is -0.350. The second-order valence-corrected chi connectivity index (χ2v) is 7.61. The second-order valence-electron chi connectivity index (χ2n) is 7.61. The molecule has 0 bridgehead atoms. The summed E-state index contributed by atoms with van der Waals surface area (Å²) in [6.07, 6.45) is 3.86. The molecule has 25 heavy (non-hydrogen) atoms. The van der Waals surface area contributed by atoms with Gasteiger partial charge < -0.3 is 15.5 Å². The van der Waals surface area contributed by atoms with E-state index in [0.717, 1.165) is 51.9 Å². The summed E-state index contributed by atoms with van der Waals surface area (Å²) in [5.41, 5.74) is 6.96. The van der Waals surface area contributed by atoms with Crippen LogP contribution in [0.4, 0.5) is 0 Å². The number of likely N-dealkylation sites (tertiary alicyclic amines) is 1. The quantitative estimate of drug-likeness (QED) is 0.787. The maximum atomic E-state index is 12.9. The van der Waals surface area contributed by atoms with Crippen molar-refractivity contribution in [2.45, 2.75) is 46.1 Å². The molecule has 4 nitrogen and oxygen atoms in total. The van der Waals surface area contributed by atoms with Gasteiger partial charge in [0, 0.05) is 32.7 Å². The Morgan fingerprint density at radius 3 is 2.32 bits per heavy atom. The SMILES string of the molecule is CCC(CC)(CN)C(=O)N1CCC(CN(C)Cc2ccccc2)CC1. The van der Waals surface area contributed by atoms with Crippen LogP contribution in [0.5, 0.6) is 0 Å². The molecule has 1 aliphatic rings. The van der Waals surface area contributed by atoms with Crippen LogP contribution in [-0.4, -0.2) is 48.9 Å². The van der Waals surface area contributed by atoms with E-state index in [1.807, 2.05) is 0 Å². The average molecular weight is 346 g/mol. The molecule has 1 aromatic carbocycles. The molecule has 0 unspecified atom stereocenters. The number of benzene rings is 1. The van der Waals surface area contributed by atoms with Gasteiger partial charge in [-0.25, -0.2) is 0 Å². The number of rotatable bonds is 8. The average Bonchev–Trinajstić information content (AvgIpc) is 2.65. The van der Waals surface area contributed by atoms with Gasteiger partial charge in [-0.15, -0.1) is 0 Å². The van der Waals surface area contributed by atoms with Gasteiger partial charge in [0.2, 0.25) is 5.91 Å². The Kier molecular flexibility index (Phi) is 7.45. The molecule has 0 radical (unpaired) electrons. The van der Waals surface area contributed by atoms with Gasteiger partial charge in [0.25, 0.3) is 0 Å². The molecule has 0 saturated carbocycles. The topological polar surface area (TPSA) is 49.6 Å². The minimum absolute atomic E-state index is 0.274. The van der Waals surface area contributed by atoms with E-state index in [4.69, 9.17) is 5.73 Å². The smallest absolute Gasteiger partial charge is 0.230 e. The van der Waals surface area contributed by atoms with E-state index >= 15 is 0 Å². The number of nitrogens with two attached hydrogens (primary N) is 1. The number of carbonyl (C=O) groups excluding carboxylic acids is 1. The molecule has 1 amide bonds. The van der Waals surface area contributed by atoms with Crippen LogP contribution in [0.3, 0.4) is 0 Å². The number of hydrogen-bond acceptors (Lipinski definition) is 3. The first-order valence-corrected chi connectivity index (χ1v) is 9.76. The minimum Gasteiger partial charge on any atom is -0.342 e. The highest BCUT2D eigenvalue weighted by Crippen LogP contribution is 2.30. The zero-order chi connectivity index (χ0) is 18.3. The van der Waals surface area contributed by atoms with E-state index in [9.17, 15) is 4.79 Å². The fourth-order valence-corrected chi connectivity index (χ4v) is 3.98. The molecule has 0 aromatic heterocycles. The van der Waals surface area contributed by atoms with Crippen molar-refractivity contribution in [3.63, 3.8) is 0 Å². The lowest BCUT2D eigenvalue weighted by molar-refractivity contribution is -0.143. The summed E-state index contributed by atoms with van der Waals surface area (Å²) < 4.78 is 0. The van der Waals surface area contributed by atoms with Crippen molar-refractivity contribution in [3.05, 3.63) is 35.9 Å². The Labute approximate surface area is 153 Å². The Hall–Kier alpha value is -1.39. The zero-order valence-corrected chi connectivity index (χ0v) is 16.2. The highest BCUT2D eigenvalue weighted by atomic mass is 16.2. The van der Waals surface area contributed by atoms with Crippen LogP contribution in [0.1, 0.15) is 45.1 Å². The summed E-state index contributed by atoms with van der Waals surface area (Å²) >= 11 is 0. The summed E-state index contributed by atoms with van der Waals surface area (Å²) in [5, 5.41) is 0. The fraction of sp³-hybridized carbons (Fsp3) is 0.667. The molecule has 140 valence electrons. The number of carbonyl (C=O) groups is 1. The summed E-state index contributed by atoms with van der Waals surface area (Å²) in [7, 11) is 2.19. The fourth-order valence-electron chi connectivity index (χ4n) is 3.98. The van der Waals surface area contributed by atoms with E-state index in [0.29, 0.717) is 12.5 Å². The molecule has 0 aliphatic carbocycles. The Morgan fingerprint density at radius 2 is 1.80 bits per heavy atom. The van der Waals surface area contributed by atoms with Gasteiger partial charge in [0.15, 0.2) is 0 Å². The molecule has 2 N–H and O–H groups in total. The summed E-state index contributed by atoms with van der Waals surface area (Å²) in [4.78, 5) is 17.4. The number of piperidine rings is 1. The highest BCUT2D eigenvalue weighted by molar-refractivity contribution is 5.83.